The quantitative estimate of drug-likeness (QED) is 0.903. The fraction of sp³-hybridized carbons (Fsp3) is 0.769. The van der Waals surface area contributed by atoms with Crippen LogP contribution in [0.15, 0.2) is 0 Å². The van der Waals surface area contributed by atoms with E-state index in [1.807, 2.05) is 6.92 Å². The van der Waals surface area contributed by atoms with Gasteiger partial charge in [-0.1, -0.05) is 20.8 Å². The van der Waals surface area contributed by atoms with Crippen LogP contribution in [0, 0.1) is 5.41 Å². The van der Waals surface area contributed by atoms with Gasteiger partial charge in [-0.25, -0.2) is 4.98 Å². The lowest BCUT2D eigenvalue weighted by Crippen LogP contribution is -2.42. The average molecular weight is 283 g/mol. The summed E-state index contributed by atoms with van der Waals surface area (Å²) in [6, 6.07) is 0. The zero-order valence-electron chi connectivity index (χ0n) is 11.9. The number of aromatic nitrogens is 2. The highest BCUT2D eigenvalue weighted by Gasteiger charge is 2.37. The Bertz CT molecular complexity index is 470. The van der Waals surface area contributed by atoms with Crippen molar-refractivity contribution in [2.75, 3.05) is 18.0 Å². The molecule has 5 nitrogen and oxygen atoms in total. The number of aliphatic carboxylic acids is 1. The molecule has 106 valence electrons. The number of carboxylic acids is 1. The Kier molecular flexibility index (Phi) is 3.55. The van der Waals surface area contributed by atoms with E-state index in [9.17, 15) is 9.90 Å². The maximum atomic E-state index is 11.2. The van der Waals surface area contributed by atoms with Crippen molar-refractivity contribution in [1.29, 1.82) is 0 Å². The molecule has 1 aliphatic rings. The first kappa shape index (κ1) is 14.2. The molecule has 0 atom stereocenters. The van der Waals surface area contributed by atoms with Gasteiger partial charge in [-0.3, -0.25) is 4.79 Å². The van der Waals surface area contributed by atoms with Gasteiger partial charge < -0.3 is 10.0 Å². The number of hydrogen-bond donors (Lipinski definition) is 1. The van der Waals surface area contributed by atoms with Crippen LogP contribution in [0.25, 0.3) is 0 Å². The molecule has 6 heteroatoms. The number of anilines is 1. The van der Waals surface area contributed by atoms with Crippen molar-refractivity contribution in [2.24, 2.45) is 5.41 Å². The van der Waals surface area contributed by atoms with Gasteiger partial charge in [-0.05, 0) is 19.8 Å². The van der Waals surface area contributed by atoms with Crippen LogP contribution in [-0.4, -0.2) is 33.5 Å². The molecule has 0 bridgehead atoms. The molecule has 0 saturated carbocycles. The second-order valence-corrected chi connectivity index (χ2v) is 7.23. The van der Waals surface area contributed by atoms with Gasteiger partial charge in [-0.15, -0.1) is 0 Å². The van der Waals surface area contributed by atoms with E-state index < -0.39 is 11.4 Å². The van der Waals surface area contributed by atoms with Gasteiger partial charge in [0.2, 0.25) is 5.13 Å². The molecule has 0 aromatic carbocycles. The molecule has 1 aromatic heterocycles. The summed E-state index contributed by atoms with van der Waals surface area (Å²) in [5, 5.41) is 10.1. The van der Waals surface area contributed by atoms with Crippen LogP contribution < -0.4 is 4.90 Å². The normalized spacial score (nSPS) is 19.5. The molecular formula is C13H21N3O2S. The van der Waals surface area contributed by atoms with E-state index >= 15 is 0 Å². The van der Waals surface area contributed by atoms with Crippen molar-refractivity contribution < 1.29 is 9.90 Å². The monoisotopic (exact) mass is 283 g/mol. The Hall–Kier alpha value is -1.17. The second-order valence-electron chi connectivity index (χ2n) is 6.50. The van der Waals surface area contributed by atoms with Crippen molar-refractivity contribution >= 4 is 22.6 Å². The highest BCUT2D eigenvalue weighted by atomic mass is 32.1. The first-order valence-corrected chi connectivity index (χ1v) is 7.32. The van der Waals surface area contributed by atoms with Gasteiger partial charge in [-0.2, -0.15) is 4.37 Å². The maximum Gasteiger partial charge on any atom is 0.309 e. The fourth-order valence-electron chi connectivity index (χ4n) is 2.05. The zero-order chi connectivity index (χ0) is 14.3. The van der Waals surface area contributed by atoms with E-state index in [0.29, 0.717) is 12.8 Å². The van der Waals surface area contributed by atoms with Crippen LogP contribution in [0.2, 0.25) is 0 Å². The molecular weight excluding hydrogens is 262 g/mol. The van der Waals surface area contributed by atoms with E-state index in [4.69, 9.17) is 0 Å². The summed E-state index contributed by atoms with van der Waals surface area (Å²) < 4.78 is 4.41. The minimum atomic E-state index is -0.695. The first-order valence-electron chi connectivity index (χ1n) is 6.55. The van der Waals surface area contributed by atoms with Gasteiger partial charge in [0.1, 0.15) is 5.82 Å². The van der Waals surface area contributed by atoms with Gasteiger partial charge in [0.25, 0.3) is 0 Å². The SMILES string of the molecule is CC1(C(=O)O)CCN(c2nc(C(C)(C)C)ns2)CC1. The van der Waals surface area contributed by atoms with E-state index in [0.717, 1.165) is 24.0 Å². The third-order valence-corrected chi connectivity index (χ3v) is 4.52. The minimum absolute atomic E-state index is 0.0416. The molecule has 0 aliphatic carbocycles. The topological polar surface area (TPSA) is 66.3 Å². The Morgan fingerprint density at radius 2 is 1.95 bits per heavy atom. The summed E-state index contributed by atoms with van der Waals surface area (Å²) >= 11 is 1.41. The summed E-state index contributed by atoms with van der Waals surface area (Å²) in [7, 11) is 0. The molecule has 1 N–H and O–H groups in total. The second kappa shape index (κ2) is 4.74. The van der Waals surface area contributed by atoms with Crippen molar-refractivity contribution in [3.63, 3.8) is 0 Å². The number of hydrogen-bond acceptors (Lipinski definition) is 5. The third-order valence-electron chi connectivity index (χ3n) is 3.74. The molecule has 2 heterocycles. The van der Waals surface area contributed by atoms with E-state index in [1.54, 1.807) is 0 Å². The van der Waals surface area contributed by atoms with Crippen LogP contribution in [0.1, 0.15) is 46.4 Å². The Morgan fingerprint density at radius 1 is 1.37 bits per heavy atom. The highest BCUT2D eigenvalue weighted by Crippen LogP contribution is 2.34. The summed E-state index contributed by atoms with van der Waals surface area (Å²) in [5.41, 5.74) is -0.631. The Morgan fingerprint density at radius 3 is 2.37 bits per heavy atom. The van der Waals surface area contributed by atoms with E-state index in [1.165, 1.54) is 11.5 Å². The minimum Gasteiger partial charge on any atom is -0.481 e. The van der Waals surface area contributed by atoms with Crippen molar-refractivity contribution in [1.82, 2.24) is 9.36 Å². The molecule has 1 saturated heterocycles. The molecule has 0 unspecified atom stereocenters. The number of nitrogens with zero attached hydrogens (tertiary/aromatic N) is 3. The van der Waals surface area contributed by atoms with Crippen molar-refractivity contribution in [2.45, 2.75) is 46.0 Å². The lowest BCUT2D eigenvalue weighted by Gasteiger charge is -2.36. The van der Waals surface area contributed by atoms with Crippen LogP contribution in [0.5, 0.6) is 0 Å². The predicted molar refractivity (Wildman–Crippen MR) is 75.8 cm³/mol. The van der Waals surface area contributed by atoms with Crippen LogP contribution in [-0.2, 0) is 10.2 Å². The molecule has 0 spiro atoms. The van der Waals surface area contributed by atoms with Gasteiger partial charge in [0.05, 0.1) is 5.41 Å². The fourth-order valence-corrected chi connectivity index (χ4v) is 2.96. The molecule has 0 amide bonds. The third kappa shape index (κ3) is 2.88. The zero-order valence-corrected chi connectivity index (χ0v) is 12.8. The summed E-state index contributed by atoms with van der Waals surface area (Å²) in [6.07, 6.45) is 1.32. The number of carboxylic acid groups (broad SMARTS) is 1. The largest absolute Gasteiger partial charge is 0.481 e. The lowest BCUT2D eigenvalue weighted by molar-refractivity contribution is -0.149. The molecule has 1 aromatic rings. The predicted octanol–water partition coefficient (Wildman–Crippen LogP) is 2.53. The Labute approximate surface area is 117 Å². The molecule has 2 rings (SSSR count). The summed E-state index contributed by atoms with van der Waals surface area (Å²) in [6.45, 7) is 9.58. The molecule has 1 fully saturated rings. The summed E-state index contributed by atoms with van der Waals surface area (Å²) in [4.78, 5) is 17.9. The molecule has 19 heavy (non-hydrogen) atoms. The number of piperidine rings is 1. The first-order chi connectivity index (χ1) is 8.72. The Balaban J connectivity index is 2.06. The average Bonchev–Trinajstić information content (AvgIpc) is 2.79. The molecule has 0 radical (unpaired) electrons. The van der Waals surface area contributed by atoms with Crippen LogP contribution in [0.3, 0.4) is 0 Å². The van der Waals surface area contributed by atoms with Crippen molar-refractivity contribution in [3.8, 4) is 0 Å². The van der Waals surface area contributed by atoms with Crippen molar-refractivity contribution in [3.05, 3.63) is 5.82 Å². The van der Waals surface area contributed by atoms with Crippen LogP contribution >= 0.6 is 11.5 Å². The highest BCUT2D eigenvalue weighted by molar-refractivity contribution is 7.09. The molecule has 1 aliphatic heterocycles. The van der Waals surface area contributed by atoms with Gasteiger partial charge in [0.15, 0.2) is 0 Å². The van der Waals surface area contributed by atoms with E-state index in [2.05, 4.69) is 35.0 Å². The van der Waals surface area contributed by atoms with E-state index in [-0.39, 0.29) is 5.41 Å². The van der Waals surface area contributed by atoms with Crippen LogP contribution in [0.4, 0.5) is 5.13 Å². The van der Waals surface area contributed by atoms with Gasteiger partial charge >= 0.3 is 5.97 Å². The van der Waals surface area contributed by atoms with Gasteiger partial charge in [0, 0.05) is 30.0 Å². The number of rotatable bonds is 2. The standard InChI is InChI=1S/C13H21N3O2S/c1-12(2,3)9-14-11(19-15-9)16-7-5-13(4,6-8-16)10(17)18/h5-8H2,1-4H3,(H,17,18). The lowest BCUT2D eigenvalue weighted by atomic mass is 9.81. The smallest absolute Gasteiger partial charge is 0.309 e. The summed E-state index contributed by atoms with van der Waals surface area (Å²) in [5.74, 6) is 0.166. The maximum absolute atomic E-state index is 11.2. The number of carbonyl (C=O) groups is 1.